The van der Waals surface area contributed by atoms with Gasteiger partial charge in [0.2, 0.25) is 5.91 Å². The van der Waals surface area contributed by atoms with Gasteiger partial charge in [0.1, 0.15) is 0 Å². The number of nitrogens with zero attached hydrogens (tertiary/aromatic N) is 1. The van der Waals surface area contributed by atoms with Gasteiger partial charge < -0.3 is 10.3 Å². The highest BCUT2D eigenvalue weighted by atomic mass is 32.1. The van der Waals surface area contributed by atoms with Gasteiger partial charge >= 0.3 is 0 Å². The first-order valence-corrected chi connectivity index (χ1v) is 8.69. The quantitative estimate of drug-likeness (QED) is 0.727. The Hall–Kier alpha value is -2.14. The van der Waals surface area contributed by atoms with E-state index in [4.69, 9.17) is 0 Å². The summed E-state index contributed by atoms with van der Waals surface area (Å²) in [6.45, 7) is 4.74. The molecule has 23 heavy (non-hydrogen) atoms. The van der Waals surface area contributed by atoms with Gasteiger partial charge in [0.05, 0.1) is 10.7 Å². The number of aryl methyl sites for hydroxylation is 3. The second-order valence-corrected chi connectivity index (χ2v) is 7.00. The van der Waals surface area contributed by atoms with E-state index in [1.807, 2.05) is 25.3 Å². The van der Waals surface area contributed by atoms with Crippen LogP contribution in [0.5, 0.6) is 0 Å². The van der Waals surface area contributed by atoms with E-state index < -0.39 is 0 Å². The highest BCUT2D eigenvalue weighted by molar-refractivity contribution is 7.11. The van der Waals surface area contributed by atoms with E-state index in [0.29, 0.717) is 13.0 Å². The molecule has 3 aromatic rings. The second-order valence-electron chi connectivity index (χ2n) is 5.71. The van der Waals surface area contributed by atoms with Crippen molar-refractivity contribution in [2.45, 2.75) is 33.1 Å². The van der Waals surface area contributed by atoms with Crippen LogP contribution in [0.3, 0.4) is 0 Å². The number of thiazole rings is 1. The number of fused-ring (bicyclic) bond motifs is 1. The lowest BCUT2D eigenvalue weighted by molar-refractivity contribution is -0.121. The standard InChI is InChI=1S/C18H21N3OS/c1-12-13(2)23-18(21-12)8-7-17(22)19-10-9-14-11-20-16-6-4-3-5-15(14)16/h3-6,11,20H,7-10H2,1-2H3,(H,19,22). The molecule has 0 saturated carbocycles. The third-order valence-corrected chi connectivity index (χ3v) is 5.16. The fraction of sp³-hybridized carbons (Fsp3) is 0.333. The Kier molecular flexibility index (Phi) is 4.76. The van der Waals surface area contributed by atoms with Crippen molar-refractivity contribution in [2.24, 2.45) is 0 Å². The highest BCUT2D eigenvalue weighted by Crippen LogP contribution is 2.18. The number of carbonyl (C=O) groups is 1. The van der Waals surface area contributed by atoms with Crippen molar-refractivity contribution in [2.75, 3.05) is 6.54 Å². The van der Waals surface area contributed by atoms with Crippen molar-refractivity contribution in [3.63, 3.8) is 0 Å². The largest absolute Gasteiger partial charge is 0.361 e. The first-order valence-electron chi connectivity index (χ1n) is 7.88. The molecule has 0 bridgehead atoms. The number of benzene rings is 1. The maximum atomic E-state index is 12.0. The zero-order chi connectivity index (χ0) is 16.2. The maximum absolute atomic E-state index is 12.0. The molecule has 3 rings (SSSR count). The molecular formula is C18H21N3OS. The molecule has 0 aliphatic heterocycles. The molecule has 0 unspecified atom stereocenters. The molecule has 120 valence electrons. The zero-order valence-electron chi connectivity index (χ0n) is 13.5. The molecule has 1 aromatic carbocycles. The minimum atomic E-state index is 0.0929. The minimum absolute atomic E-state index is 0.0929. The minimum Gasteiger partial charge on any atom is -0.361 e. The molecular weight excluding hydrogens is 306 g/mol. The second kappa shape index (κ2) is 6.96. The number of hydrogen-bond donors (Lipinski definition) is 2. The zero-order valence-corrected chi connectivity index (χ0v) is 14.3. The van der Waals surface area contributed by atoms with Crippen LogP contribution in [0.2, 0.25) is 0 Å². The van der Waals surface area contributed by atoms with Crippen molar-refractivity contribution < 1.29 is 4.79 Å². The summed E-state index contributed by atoms with van der Waals surface area (Å²) in [5, 5.41) is 5.28. The van der Waals surface area contributed by atoms with Gasteiger partial charge in [-0.2, -0.15) is 0 Å². The Morgan fingerprint density at radius 3 is 2.87 bits per heavy atom. The Morgan fingerprint density at radius 1 is 1.26 bits per heavy atom. The van der Waals surface area contributed by atoms with Gasteiger partial charge in [0, 0.05) is 41.4 Å². The van der Waals surface area contributed by atoms with E-state index in [9.17, 15) is 4.79 Å². The number of hydrogen-bond acceptors (Lipinski definition) is 3. The predicted molar refractivity (Wildman–Crippen MR) is 94.9 cm³/mol. The van der Waals surface area contributed by atoms with Crippen LogP contribution in [0.1, 0.15) is 27.6 Å². The van der Waals surface area contributed by atoms with Crippen LogP contribution in [-0.4, -0.2) is 22.4 Å². The Bertz CT molecular complexity index is 799. The van der Waals surface area contributed by atoms with E-state index >= 15 is 0 Å². The Labute approximate surface area is 140 Å². The summed E-state index contributed by atoms with van der Waals surface area (Å²) in [5.74, 6) is 0.0929. The van der Waals surface area contributed by atoms with E-state index in [-0.39, 0.29) is 5.91 Å². The third kappa shape index (κ3) is 3.79. The topological polar surface area (TPSA) is 57.8 Å². The number of rotatable bonds is 6. The monoisotopic (exact) mass is 327 g/mol. The first kappa shape index (κ1) is 15.7. The van der Waals surface area contributed by atoms with Crippen LogP contribution < -0.4 is 5.32 Å². The summed E-state index contributed by atoms with van der Waals surface area (Å²) in [5.41, 5.74) is 3.46. The molecule has 5 heteroatoms. The van der Waals surface area contributed by atoms with E-state index in [1.54, 1.807) is 11.3 Å². The number of para-hydroxylation sites is 1. The molecule has 0 saturated heterocycles. The van der Waals surface area contributed by atoms with Crippen LogP contribution in [0.25, 0.3) is 10.9 Å². The van der Waals surface area contributed by atoms with Crippen molar-refractivity contribution in [3.8, 4) is 0 Å². The highest BCUT2D eigenvalue weighted by Gasteiger charge is 2.08. The van der Waals surface area contributed by atoms with E-state index in [2.05, 4.69) is 34.3 Å². The molecule has 2 aromatic heterocycles. The lowest BCUT2D eigenvalue weighted by atomic mass is 10.1. The van der Waals surface area contributed by atoms with Crippen LogP contribution in [0.4, 0.5) is 0 Å². The summed E-state index contributed by atoms with van der Waals surface area (Å²) in [4.78, 5) is 20.9. The summed E-state index contributed by atoms with van der Waals surface area (Å²) < 4.78 is 0. The lowest BCUT2D eigenvalue weighted by Crippen LogP contribution is -2.25. The van der Waals surface area contributed by atoms with Crippen molar-refractivity contribution in [3.05, 3.63) is 51.6 Å². The summed E-state index contributed by atoms with van der Waals surface area (Å²) in [6.07, 6.45) is 4.09. The number of aromatic amines is 1. The summed E-state index contributed by atoms with van der Waals surface area (Å²) in [6, 6.07) is 8.23. The smallest absolute Gasteiger partial charge is 0.220 e. The van der Waals surface area contributed by atoms with Gasteiger partial charge in [-0.15, -0.1) is 11.3 Å². The number of amides is 1. The average Bonchev–Trinajstić information content (AvgIpc) is 3.09. The lowest BCUT2D eigenvalue weighted by Gasteiger charge is -2.04. The third-order valence-electron chi connectivity index (χ3n) is 4.03. The molecule has 0 aliphatic carbocycles. The fourth-order valence-electron chi connectivity index (χ4n) is 2.63. The first-order chi connectivity index (χ1) is 11.1. The van der Waals surface area contributed by atoms with Gasteiger partial charge in [-0.05, 0) is 31.9 Å². The van der Waals surface area contributed by atoms with Crippen LogP contribution in [-0.2, 0) is 17.6 Å². The van der Waals surface area contributed by atoms with Crippen molar-refractivity contribution >= 4 is 28.1 Å². The van der Waals surface area contributed by atoms with E-state index in [0.717, 1.165) is 29.1 Å². The molecule has 0 aliphatic rings. The molecule has 4 nitrogen and oxygen atoms in total. The average molecular weight is 327 g/mol. The number of nitrogens with one attached hydrogen (secondary N) is 2. The Morgan fingerprint density at radius 2 is 2.09 bits per heavy atom. The number of H-pyrrole nitrogens is 1. The summed E-state index contributed by atoms with van der Waals surface area (Å²) in [7, 11) is 0. The molecule has 0 spiro atoms. The van der Waals surface area contributed by atoms with Gasteiger partial charge in [-0.1, -0.05) is 18.2 Å². The van der Waals surface area contributed by atoms with Crippen LogP contribution >= 0.6 is 11.3 Å². The van der Waals surface area contributed by atoms with Gasteiger partial charge in [0.25, 0.3) is 0 Å². The molecule has 0 radical (unpaired) electrons. The van der Waals surface area contributed by atoms with E-state index in [1.165, 1.54) is 15.8 Å². The summed E-state index contributed by atoms with van der Waals surface area (Å²) >= 11 is 1.68. The normalized spacial score (nSPS) is 11.0. The van der Waals surface area contributed by atoms with Gasteiger partial charge in [-0.25, -0.2) is 4.98 Å². The van der Waals surface area contributed by atoms with Crippen LogP contribution in [0.15, 0.2) is 30.5 Å². The maximum Gasteiger partial charge on any atom is 0.220 e. The number of aromatic nitrogens is 2. The number of carbonyl (C=O) groups excluding carboxylic acids is 1. The fourth-order valence-corrected chi connectivity index (χ4v) is 3.56. The van der Waals surface area contributed by atoms with Gasteiger partial charge in [0.15, 0.2) is 0 Å². The van der Waals surface area contributed by atoms with Crippen molar-refractivity contribution in [1.82, 2.24) is 15.3 Å². The molecule has 0 fully saturated rings. The Balaban J connectivity index is 1.46. The molecule has 2 heterocycles. The van der Waals surface area contributed by atoms with Gasteiger partial charge in [-0.3, -0.25) is 4.79 Å². The predicted octanol–water partition coefficient (Wildman–Crippen LogP) is 3.53. The SMILES string of the molecule is Cc1nc(CCC(=O)NCCc2c[nH]c3ccccc23)sc1C. The molecule has 1 amide bonds. The molecule has 2 N–H and O–H groups in total. The van der Waals surface area contributed by atoms with Crippen LogP contribution in [0, 0.1) is 13.8 Å². The molecule has 0 atom stereocenters. The van der Waals surface area contributed by atoms with Crippen molar-refractivity contribution in [1.29, 1.82) is 0 Å².